The van der Waals surface area contributed by atoms with E-state index in [1.165, 1.54) is 0 Å². The Morgan fingerprint density at radius 3 is 2.78 bits per heavy atom. The van der Waals surface area contributed by atoms with E-state index >= 15 is 0 Å². The summed E-state index contributed by atoms with van der Waals surface area (Å²) in [5.41, 5.74) is 2.07. The first-order valence-electron chi connectivity index (χ1n) is 5.51. The monoisotopic (exact) mass is 325 g/mol. The van der Waals surface area contributed by atoms with E-state index in [2.05, 4.69) is 21.2 Å². The second kappa shape index (κ2) is 6.12. The summed E-state index contributed by atoms with van der Waals surface area (Å²) in [7, 11) is 1.67. The number of halogens is 2. The Bertz CT molecular complexity index is 545. The number of benzene rings is 2. The summed E-state index contributed by atoms with van der Waals surface area (Å²) in [5, 5.41) is 4.04. The van der Waals surface area contributed by atoms with Crippen LogP contribution in [0.25, 0.3) is 0 Å². The molecule has 0 atom stereocenters. The SMILES string of the molecule is COc1ccccc1CNc1cc(Cl)ccc1Br. The van der Waals surface area contributed by atoms with Crippen LogP contribution in [0, 0.1) is 0 Å². The number of hydrogen-bond donors (Lipinski definition) is 1. The molecule has 0 aromatic heterocycles. The summed E-state index contributed by atoms with van der Waals surface area (Å²) < 4.78 is 6.30. The van der Waals surface area contributed by atoms with Crippen LogP contribution in [0.1, 0.15) is 5.56 Å². The Hall–Kier alpha value is -1.19. The van der Waals surface area contributed by atoms with Gasteiger partial charge in [0.05, 0.1) is 12.8 Å². The van der Waals surface area contributed by atoms with Crippen molar-refractivity contribution in [1.29, 1.82) is 0 Å². The first-order valence-corrected chi connectivity index (χ1v) is 6.68. The van der Waals surface area contributed by atoms with Gasteiger partial charge < -0.3 is 10.1 Å². The van der Waals surface area contributed by atoms with E-state index in [0.29, 0.717) is 11.6 Å². The number of rotatable bonds is 4. The van der Waals surface area contributed by atoms with Gasteiger partial charge in [-0.3, -0.25) is 0 Å². The predicted octanol–water partition coefficient (Wildman–Crippen LogP) is 4.72. The molecule has 0 saturated heterocycles. The summed E-state index contributed by atoms with van der Waals surface area (Å²) in [6, 6.07) is 13.6. The van der Waals surface area contributed by atoms with E-state index in [1.54, 1.807) is 7.11 Å². The van der Waals surface area contributed by atoms with Crippen molar-refractivity contribution in [2.24, 2.45) is 0 Å². The molecule has 4 heteroatoms. The molecule has 0 aliphatic rings. The quantitative estimate of drug-likeness (QED) is 0.877. The van der Waals surface area contributed by atoms with Crippen molar-refractivity contribution in [3.8, 4) is 5.75 Å². The molecule has 0 saturated carbocycles. The fourth-order valence-electron chi connectivity index (χ4n) is 1.67. The van der Waals surface area contributed by atoms with Gasteiger partial charge in [-0.1, -0.05) is 29.8 Å². The van der Waals surface area contributed by atoms with Crippen LogP contribution < -0.4 is 10.1 Å². The number of methoxy groups -OCH3 is 1. The molecule has 0 bridgehead atoms. The van der Waals surface area contributed by atoms with Crippen molar-refractivity contribution in [3.05, 3.63) is 57.5 Å². The third kappa shape index (κ3) is 3.18. The molecule has 2 aromatic rings. The molecule has 1 N–H and O–H groups in total. The highest BCUT2D eigenvalue weighted by Gasteiger charge is 2.04. The minimum atomic E-state index is 0.683. The fraction of sp³-hybridized carbons (Fsp3) is 0.143. The predicted molar refractivity (Wildman–Crippen MR) is 79.5 cm³/mol. The Morgan fingerprint density at radius 2 is 2.00 bits per heavy atom. The molecule has 0 fully saturated rings. The highest BCUT2D eigenvalue weighted by molar-refractivity contribution is 9.10. The van der Waals surface area contributed by atoms with Crippen molar-refractivity contribution in [2.75, 3.05) is 12.4 Å². The normalized spacial score (nSPS) is 10.2. The molecule has 0 unspecified atom stereocenters. The number of anilines is 1. The van der Waals surface area contributed by atoms with E-state index in [-0.39, 0.29) is 0 Å². The van der Waals surface area contributed by atoms with E-state index in [0.717, 1.165) is 21.5 Å². The van der Waals surface area contributed by atoms with Crippen LogP contribution >= 0.6 is 27.5 Å². The molecule has 0 spiro atoms. The van der Waals surface area contributed by atoms with E-state index in [4.69, 9.17) is 16.3 Å². The van der Waals surface area contributed by atoms with Gasteiger partial charge >= 0.3 is 0 Å². The van der Waals surface area contributed by atoms with Crippen LogP contribution in [0.4, 0.5) is 5.69 Å². The van der Waals surface area contributed by atoms with Crippen molar-refractivity contribution in [1.82, 2.24) is 0 Å². The molecule has 2 aromatic carbocycles. The molecule has 0 aliphatic carbocycles. The van der Waals surface area contributed by atoms with Crippen molar-refractivity contribution < 1.29 is 4.74 Å². The second-order valence-corrected chi connectivity index (χ2v) is 5.08. The number of hydrogen-bond acceptors (Lipinski definition) is 2. The smallest absolute Gasteiger partial charge is 0.123 e. The van der Waals surface area contributed by atoms with Crippen LogP contribution in [-0.4, -0.2) is 7.11 Å². The van der Waals surface area contributed by atoms with Crippen molar-refractivity contribution >= 4 is 33.2 Å². The molecule has 18 heavy (non-hydrogen) atoms. The van der Waals surface area contributed by atoms with Gasteiger partial charge in [-0.05, 0) is 40.2 Å². The third-order valence-corrected chi connectivity index (χ3v) is 3.52. The second-order valence-electron chi connectivity index (χ2n) is 3.79. The van der Waals surface area contributed by atoms with Gasteiger partial charge in [0, 0.05) is 21.6 Å². The lowest BCUT2D eigenvalue weighted by molar-refractivity contribution is 0.410. The van der Waals surface area contributed by atoms with Crippen LogP contribution in [0.5, 0.6) is 5.75 Å². The van der Waals surface area contributed by atoms with Gasteiger partial charge in [0.1, 0.15) is 5.75 Å². The maximum atomic E-state index is 5.97. The summed E-state index contributed by atoms with van der Waals surface area (Å²) in [6.45, 7) is 0.683. The summed E-state index contributed by atoms with van der Waals surface area (Å²) in [4.78, 5) is 0. The molecule has 2 rings (SSSR count). The lowest BCUT2D eigenvalue weighted by Gasteiger charge is -2.11. The largest absolute Gasteiger partial charge is 0.496 e. The Labute approximate surface area is 120 Å². The number of para-hydroxylation sites is 1. The lowest BCUT2D eigenvalue weighted by Crippen LogP contribution is -2.02. The molecule has 0 amide bonds. The van der Waals surface area contributed by atoms with E-state index < -0.39 is 0 Å². The van der Waals surface area contributed by atoms with Gasteiger partial charge in [0.25, 0.3) is 0 Å². The average Bonchev–Trinajstić information content (AvgIpc) is 2.40. The van der Waals surface area contributed by atoms with Crippen LogP contribution in [0.3, 0.4) is 0 Å². The number of ether oxygens (including phenoxy) is 1. The molecular weight excluding hydrogens is 314 g/mol. The van der Waals surface area contributed by atoms with Crippen LogP contribution in [0.15, 0.2) is 46.9 Å². The molecule has 0 radical (unpaired) electrons. The minimum absolute atomic E-state index is 0.683. The first-order chi connectivity index (χ1) is 8.70. The zero-order valence-corrected chi connectivity index (χ0v) is 12.3. The highest BCUT2D eigenvalue weighted by Crippen LogP contribution is 2.27. The van der Waals surface area contributed by atoms with Crippen molar-refractivity contribution in [2.45, 2.75) is 6.54 Å². The summed E-state index contributed by atoms with van der Waals surface area (Å²) in [6.07, 6.45) is 0. The molecule has 0 aliphatic heterocycles. The fourth-order valence-corrected chi connectivity index (χ4v) is 2.23. The van der Waals surface area contributed by atoms with Crippen LogP contribution in [-0.2, 0) is 6.54 Å². The zero-order valence-electron chi connectivity index (χ0n) is 9.91. The molecule has 0 heterocycles. The molecule has 94 valence electrons. The van der Waals surface area contributed by atoms with Gasteiger partial charge in [-0.2, -0.15) is 0 Å². The van der Waals surface area contributed by atoms with Crippen LogP contribution in [0.2, 0.25) is 5.02 Å². The maximum absolute atomic E-state index is 5.97. The van der Waals surface area contributed by atoms with Gasteiger partial charge in [-0.25, -0.2) is 0 Å². The summed E-state index contributed by atoms with van der Waals surface area (Å²) >= 11 is 9.46. The van der Waals surface area contributed by atoms with Crippen molar-refractivity contribution in [3.63, 3.8) is 0 Å². The zero-order chi connectivity index (χ0) is 13.0. The first kappa shape index (κ1) is 13.2. The van der Waals surface area contributed by atoms with E-state index in [1.807, 2.05) is 42.5 Å². The summed E-state index contributed by atoms with van der Waals surface area (Å²) in [5.74, 6) is 0.878. The Kier molecular flexibility index (Phi) is 4.50. The maximum Gasteiger partial charge on any atom is 0.123 e. The minimum Gasteiger partial charge on any atom is -0.496 e. The molecular formula is C14H13BrClNO. The Morgan fingerprint density at radius 1 is 1.22 bits per heavy atom. The topological polar surface area (TPSA) is 21.3 Å². The Balaban J connectivity index is 2.14. The third-order valence-electron chi connectivity index (χ3n) is 2.59. The average molecular weight is 327 g/mol. The van der Waals surface area contributed by atoms with Gasteiger partial charge in [-0.15, -0.1) is 0 Å². The van der Waals surface area contributed by atoms with E-state index in [9.17, 15) is 0 Å². The van der Waals surface area contributed by atoms with Gasteiger partial charge in [0.2, 0.25) is 0 Å². The molecule has 2 nitrogen and oxygen atoms in total. The number of nitrogens with one attached hydrogen (secondary N) is 1. The van der Waals surface area contributed by atoms with Gasteiger partial charge in [0.15, 0.2) is 0 Å². The highest BCUT2D eigenvalue weighted by atomic mass is 79.9. The lowest BCUT2D eigenvalue weighted by atomic mass is 10.2. The standard InChI is InChI=1S/C14H13BrClNO/c1-18-14-5-3-2-4-10(14)9-17-13-8-11(16)6-7-12(13)15/h2-8,17H,9H2,1H3.